The Labute approximate surface area is 190 Å². The van der Waals surface area contributed by atoms with E-state index in [1.54, 1.807) is 10.6 Å². The van der Waals surface area contributed by atoms with Crippen molar-refractivity contribution < 1.29 is 22.8 Å². The second kappa shape index (κ2) is 8.86. The van der Waals surface area contributed by atoms with E-state index >= 15 is 0 Å². The third-order valence-electron chi connectivity index (χ3n) is 5.25. The van der Waals surface area contributed by atoms with Crippen molar-refractivity contribution in [2.45, 2.75) is 32.0 Å². The molecule has 0 radical (unpaired) electrons. The van der Waals surface area contributed by atoms with Crippen molar-refractivity contribution in [3.8, 4) is 0 Å². The summed E-state index contributed by atoms with van der Waals surface area (Å²) in [5.74, 6) is -1.30. The minimum atomic E-state index is -4.74. The molecule has 2 heterocycles. The molecule has 4 rings (SSSR count). The maximum atomic E-state index is 13.3. The van der Waals surface area contributed by atoms with E-state index in [4.69, 9.17) is 11.6 Å². The minimum absolute atomic E-state index is 0.215. The van der Waals surface area contributed by atoms with E-state index in [0.717, 1.165) is 18.9 Å². The third kappa shape index (κ3) is 4.85. The number of amides is 2. The van der Waals surface area contributed by atoms with Gasteiger partial charge in [-0.15, -0.1) is 11.6 Å². The molecular formula is C22H18ClF3N4O3. The Bertz CT molecular complexity index is 1320. The first-order valence-corrected chi connectivity index (χ1v) is 10.6. The number of nitrogens with one attached hydrogen (secondary N) is 2. The molecule has 0 saturated heterocycles. The number of alkyl halides is 4. The number of rotatable bonds is 4. The molecule has 172 valence electrons. The number of aromatic nitrogens is 2. The van der Waals surface area contributed by atoms with Gasteiger partial charge in [0, 0.05) is 29.9 Å². The van der Waals surface area contributed by atoms with E-state index in [2.05, 4.69) is 15.6 Å². The number of carbonyl (C=O) groups is 2. The molecule has 0 aliphatic carbocycles. The quantitative estimate of drug-likeness (QED) is 0.550. The van der Waals surface area contributed by atoms with Gasteiger partial charge in [0.15, 0.2) is 0 Å². The van der Waals surface area contributed by atoms with E-state index in [-0.39, 0.29) is 22.5 Å². The number of nitrogens with zero attached hydrogens (tertiary/aromatic N) is 2. The third-order valence-corrected chi connectivity index (χ3v) is 5.49. The monoisotopic (exact) mass is 478 g/mol. The van der Waals surface area contributed by atoms with Gasteiger partial charge in [0.2, 0.25) is 5.91 Å². The summed E-state index contributed by atoms with van der Waals surface area (Å²) in [6.45, 7) is 0.564. The fraction of sp³-hybridized carbons (Fsp3) is 0.273. The van der Waals surface area contributed by atoms with Crippen LogP contribution in [0.25, 0.3) is 10.9 Å². The van der Waals surface area contributed by atoms with Crippen LogP contribution in [0.4, 0.5) is 24.5 Å². The van der Waals surface area contributed by atoms with E-state index in [1.165, 1.54) is 12.1 Å². The zero-order chi connectivity index (χ0) is 23.8. The molecule has 1 aliphatic rings. The number of fused-ring (bicyclic) bond motifs is 2. The normalized spacial score (nSPS) is 13.5. The van der Waals surface area contributed by atoms with Gasteiger partial charge >= 0.3 is 6.18 Å². The molecule has 2 aromatic carbocycles. The first kappa shape index (κ1) is 22.8. The van der Waals surface area contributed by atoms with Gasteiger partial charge in [-0.3, -0.25) is 19.0 Å². The predicted molar refractivity (Wildman–Crippen MR) is 118 cm³/mol. The molecule has 2 amide bonds. The molecule has 0 saturated carbocycles. The van der Waals surface area contributed by atoms with Gasteiger partial charge in [-0.1, -0.05) is 0 Å². The van der Waals surface area contributed by atoms with Crippen molar-refractivity contribution in [3.63, 3.8) is 0 Å². The maximum Gasteiger partial charge on any atom is 0.416 e. The first-order valence-electron chi connectivity index (χ1n) is 10.1. The SMILES string of the molecule is O=C(CCl)Nc1cc(C(=O)Nc2ccc3nc4n(c(=O)c3c2)CCCC4)cc(C(F)(F)F)c1. The van der Waals surface area contributed by atoms with E-state index in [0.29, 0.717) is 41.8 Å². The van der Waals surface area contributed by atoms with Crippen LogP contribution in [0.15, 0.2) is 41.2 Å². The van der Waals surface area contributed by atoms with Crippen molar-refractivity contribution in [1.29, 1.82) is 0 Å². The molecule has 3 aromatic rings. The number of aryl methyl sites for hydroxylation is 1. The van der Waals surface area contributed by atoms with Crippen molar-refractivity contribution in [1.82, 2.24) is 9.55 Å². The topological polar surface area (TPSA) is 93.1 Å². The molecule has 1 aliphatic heterocycles. The average molecular weight is 479 g/mol. The van der Waals surface area contributed by atoms with Gasteiger partial charge < -0.3 is 10.6 Å². The molecular weight excluding hydrogens is 461 g/mol. The fourth-order valence-corrected chi connectivity index (χ4v) is 3.78. The highest BCUT2D eigenvalue weighted by atomic mass is 35.5. The van der Waals surface area contributed by atoms with Crippen LogP contribution in [0.3, 0.4) is 0 Å². The summed E-state index contributed by atoms with van der Waals surface area (Å²) >= 11 is 5.40. The number of hydrogen-bond donors (Lipinski definition) is 2. The van der Waals surface area contributed by atoms with Gasteiger partial charge in [-0.05, 0) is 49.2 Å². The average Bonchev–Trinajstić information content (AvgIpc) is 2.78. The first-order chi connectivity index (χ1) is 15.7. The van der Waals surface area contributed by atoms with Gasteiger partial charge in [-0.2, -0.15) is 13.2 Å². The highest BCUT2D eigenvalue weighted by molar-refractivity contribution is 6.29. The second-order valence-electron chi connectivity index (χ2n) is 7.61. The standard InChI is InChI=1S/C22H18ClF3N4O3/c23-11-19(31)27-15-8-12(7-13(9-15)22(24,25)26)20(32)28-14-4-5-17-16(10-14)21(33)30-6-2-1-3-18(30)29-17/h4-5,7-10H,1-3,6,11H2,(H,27,31)(H,28,32). The van der Waals surface area contributed by atoms with Crippen LogP contribution < -0.4 is 16.2 Å². The molecule has 0 fully saturated rings. The van der Waals surface area contributed by atoms with Crippen molar-refractivity contribution in [2.75, 3.05) is 16.5 Å². The van der Waals surface area contributed by atoms with Gasteiger partial charge in [0.05, 0.1) is 16.5 Å². The van der Waals surface area contributed by atoms with Crippen LogP contribution in [-0.4, -0.2) is 27.2 Å². The second-order valence-corrected chi connectivity index (χ2v) is 7.87. The lowest BCUT2D eigenvalue weighted by atomic mass is 10.1. The Balaban J connectivity index is 1.67. The molecule has 1 aromatic heterocycles. The lowest BCUT2D eigenvalue weighted by Gasteiger charge is -2.18. The summed E-state index contributed by atoms with van der Waals surface area (Å²) in [7, 11) is 0. The highest BCUT2D eigenvalue weighted by Crippen LogP contribution is 2.32. The number of halogens is 4. The Morgan fingerprint density at radius 3 is 2.58 bits per heavy atom. The van der Waals surface area contributed by atoms with E-state index in [9.17, 15) is 27.6 Å². The van der Waals surface area contributed by atoms with Gasteiger partial charge in [0.25, 0.3) is 11.5 Å². The van der Waals surface area contributed by atoms with Crippen molar-refractivity contribution >= 4 is 45.7 Å². The summed E-state index contributed by atoms with van der Waals surface area (Å²) < 4.78 is 41.5. The van der Waals surface area contributed by atoms with E-state index < -0.39 is 29.4 Å². The molecule has 11 heteroatoms. The molecule has 0 bridgehead atoms. The number of anilines is 2. The Hall–Kier alpha value is -3.40. The number of benzene rings is 2. The summed E-state index contributed by atoms with van der Waals surface area (Å²) in [6, 6.07) is 7.07. The number of hydrogen-bond acceptors (Lipinski definition) is 4. The molecule has 0 spiro atoms. The van der Waals surface area contributed by atoms with Crippen LogP contribution in [0.2, 0.25) is 0 Å². The minimum Gasteiger partial charge on any atom is -0.325 e. The van der Waals surface area contributed by atoms with Gasteiger partial charge in [-0.25, -0.2) is 4.98 Å². The van der Waals surface area contributed by atoms with Gasteiger partial charge in [0.1, 0.15) is 11.7 Å². The highest BCUT2D eigenvalue weighted by Gasteiger charge is 2.32. The maximum absolute atomic E-state index is 13.3. The summed E-state index contributed by atoms with van der Waals surface area (Å²) in [5.41, 5.74) is -1.16. The molecule has 2 N–H and O–H groups in total. The van der Waals surface area contributed by atoms with Crippen LogP contribution in [0.1, 0.15) is 34.6 Å². The van der Waals surface area contributed by atoms with Crippen LogP contribution in [0.5, 0.6) is 0 Å². The lowest BCUT2D eigenvalue weighted by Crippen LogP contribution is -2.28. The van der Waals surface area contributed by atoms with Crippen LogP contribution >= 0.6 is 11.6 Å². The summed E-state index contributed by atoms with van der Waals surface area (Å²) in [4.78, 5) is 41.6. The van der Waals surface area contributed by atoms with E-state index in [1.807, 2.05) is 0 Å². The smallest absolute Gasteiger partial charge is 0.325 e. The molecule has 0 atom stereocenters. The van der Waals surface area contributed by atoms with Crippen LogP contribution in [-0.2, 0) is 23.9 Å². The zero-order valence-electron chi connectivity index (χ0n) is 17.1. The Kier molecular flexibility index (Phi) is 6.11. The summed E-state index contributed by atoms with van der Waals surface area (Å²) in [5, 5.41) is 5.03. The fourth-order valence-electron chi connectivity index (χ4n) is 3.71. The van der Waals surface area contributed by atoms with Crippen molar-refractivity contribution in [2.24, 2.45) is 0 Å². The summed E-state index contributed by atoms with van der Waals surface area (Å²) in [6.07, 6.45) is -2.20. The lowest BCUT2D eigenvalue weighted by molar-refractivity contribution is -0.137. The predicted octanol–water partition coefficient (Wildman–Crippen LogP) is 4.18. The van der Waals surface area contributed by atoms with Crippen molar-refractivity contribution in [3.05, 3.63) is 63.7 Å². The molecule has 33 heavy (non-hydrogen) atoms. The van der Waals surface area contributed by atoms with Crippen LogP contribution in [0, 0.1) is 0 Å². The Morgan fingerprint density at radius 2 is 1.85 bits per heavy atom. The molecule has 7 nitrogen and oxygen atoms in total. The molecule has 0 unspecified atom stereocenters. The Morgan fingerprint density at radius 1 is 1.06 bits per heavy atom. The largest absolute Gasteiger partial charge is 0.416 e. The number of carbonyl (C=O) groups excluding carboxylic acids is 2. The zero-order valence-corrected chi connectivity index (χ0v) is 17.9.